The Balaban J connectivity index is 1.62. The molecular formula is C22H15ClF2N2O4S. The lowest BCUT2D eigenvalue weighted by Gasteiger charge is -2.27. The molecule has 0 atom stereocenters. The van der Waals surface area contributed by atoms with Gasteiger partial charge in [-0.05, 0) is 36.2 Å². The lowest BCUT2D eigenvalue weighted by atomic mass is 10.0. The van der Waals surface area contributed by atoms with Crippen LogP contribution in [0.4, 0.5) is 13.8 Å². The summed E-state index contributed by atoms with van der Waals surface area (Å²) in [4.78, 5) is 39.2. The molecule has 3 aromatic rings. The van der Waals surface area contributed by atoms with Crippen LogP contribution in [0, 0.1) is 11.6 Å². The maximum Gasteiger partial charge on any atom is 0.339 e. The second-order valence-corrected chi connectivity index (χ2v) is 8.56. The number of hydrogen-bond acceptors (Lipinski definition) is 4. The van der Waals surface area contributed by atoms with Crippen LogP contribution in [0.25, 0.3) is 0 Å². The van der Waals surface area contributed by atoms with Gasteiger partial charge in [0.2, 0.25) is 0 Å². The molecule has 0 aliphatic carbocycles. The number of benzene rings is 2. The zero-order valence-corrected chi connectivity index (χ0v) is 17.9. The highest BCUT2D eigenvalue weighted by Gasteiger charge is 2.31. The van der Waals surface area contributed by atoms with Crippen LogP contribution < -0.4 is 5.32 Å². The van der Waals surface area contributed by atoms with Crippen molar-refractivity contribution in [1.82, 2.24) is 4.90 Å². The summed E-state index contributed by atoms with van der Waals surface area (Å²) in [6.45, 7) is 0.190. The van der Waals surface area contributed by atoms with Crippen LogP contribution in [0.15, 0.2) is 42.5 Å². The molecule has 1 aliphatic rings. The van der Waals surface area contributed by atoms with E-state index in [9.17, 15) is 28.3 Å². The van der Waals surface area contributed by atoms with Crippen LogP contribution in [0.1, 0.15) is 41.5 Å². The van der Waals surface area contributed by atoms with E-state index in [0.29, 0.717) is 16.5 Å². The molecule has 0 saturated heterocycles. The lowest BCUT2D eigenvalue weighted by molar-refractivity contribution is 0.0696. The third-order valence-electron chi connectivity index (χ3n) is 5.07. The van der Waals surface area contributed by atoms with Gasteiger partial charge >= 0.3 is 5.97 Å². The number of nitrogens with zero attached hydrogens (tertiary/aromatic N) is 1. The number of carbonyl (C=O) groups excluding carboxylic acids is 2. The maximum absolute atomic E-state index is 14.0. The van der Waals surface area contributed by atoms with Gasteiger partial charge in [0.25, 0.3) is 11.8 Å². The fourth-order valence-corrected chi connectivity index (χ4v) is 5.01. The standard InChI is InChI=1S/C22H15ClF2N2O4S/c23-15-4-2-1-3-12(15)19(28)26-20-18(22(30)31)14-7-8-27(10-17(14)32-20)21(29)13-6-5-11(24)9-16(13)25/h1-6,9H,7-8,10H2,(H,26,28)(H,30,31). The Morgan fingerprint density at radius 2 is 1.84 bits per heavy atom. The average molecular weight is 477 g/mol. The molecule has 6 nitrogen and oxygen atoms in total. The summed E-state index contributed by atoms with van der Waals surface area (Å²) in [6, 6.07) is 9.09. The molecule has 1 aromatic heterocycles. The number of amides is 2. The van der Waals surface area contributed by atoms with Gasteiger partial charge < -0.3 is 15.3 Å². The van der Waals surface area contributed by atoms with E-state index in [1.807, 2.05) is 0 Å². The van der Waals surface area contributed by atoms with Gasteiger partial charge in [-0.1, -0.05) is 23.7 Å². The van der Waals surface area contributed by atoms with Crippen molar-refractivity contribution < 1.29 is 28.3 Å². The molecule has 10 heteroatoms. The number of fused-ring (bicyclic) bond motifs is 1. The highest BCUT2D eigenvalue weighted by atomic mass is 35.5. The normalized spacial score (nSPS) is 12.9. The number of carboxylic acids is 1. The molecule has 2 N–H and O–H groups in total. The molecule has 2 aromatic carbocycles. The molecule has 0 saturated carbocycles. The zero-order chi connectivity index (χ0) is 23.0. The van der Waals surface area contributed by atoms with Crippen LogP contribution in [0.2, 0.25) is 5.02 Å². The van der Waals surface area contributed by atoms with Crippen molar-refractivity contribution >= 4 is 45.7 Å². The fraction of sp³-hybridized carbons (Fsp3) is 0.136. The van der Waals surface area contributed by atoms with Crippen molar-refractivity contribution in [1.29, 1.82) is 0 Å². The Morgan fingerprint density at radius 3 is 2.53 bits per heavy atom. The first kappa shape index (κ1) is 21.9. The van der Waals surface area contributed by atoms with Gasteiger partial charge in [-0.3, -0.25) is 9.59 Å². The van der Waals surface area contributed by atoms with E-state index in [2.05, 4.69) is 5.32 Å². The van der Waals surface area contributed by atoms with Gasteiger partial charge in [0.15, 0.2) is 0 Å². The predicted molar refractivity (Wildman–Crippen MR) is 115 cm³/mol. The van der Waals surface area contributed by atoms with Crippen molar-refractivity contribution in [3.63, 3.8) is 0 Å². The van der Waals surface area contributed by atoms with Gasteiger partial charge in [0, 0.05) is 17.5 Å². The number of hydrogen-bond donors (Lipinski definition) is 2. The summed E-state index contributed by atoms with van der Waals surface area (Å²) in [7, 11) is 0. The van der Waals surface area contributed by atoms with Crippen LogP contribution in [0.3, 0.4) is 0 Å². The van der Waals surface area contributed by atoms with Gasteiger partial charge in [-0.15, -0.1) is 11.3 Å². The first-order valence-corrected chi connectivity index (χ1v) is 10.6. The minimum absolute atomic E-state index is 0.0366. The number of halogens is 3. The summed E-state index contributed by atoms with van der Waals surface area (Å²) in [5.41, 5.74) is 0.406. The maximum atomic E-state index is 14.0. The van der Waals surface area contributed by atoms with E-state index >= 15 is 0 Å². The van der Waals surface area contributed by atoms with E-state index in [4.69, 9.17) is 11.6 Å². The molecule has 0 fully saturated rings. The predicted octanol–water partition coefficient (Wildman–Crippen LogP) is 4.83. The van der Waals surface area contributed by atoms with Crippen molar-refractivity contribution in [3.05, 3.63) is 86.3 Å². The van der Waals surface area contributed by atoms with Crippen LogP contribution >= 0.6 is 22.9 Å². The molecular weight excluding hydrogens is 462 g/mol. The SMILES string of the molecule is O=C(Nc1sc2c(c1C(=O)O)CCN(C(=O)c1ccc(F)cc1F)C2)c1ccccc1Cl. The number of anilines is 1. The molecule has 164 valence electrons. The van der Waals surface area contributed by atoms with E-state index in [1.54, 1.807) is 18.2 Å². The number of nitrogens with one attached hydrogen (secondary N) is 1. The molecule has 2 heterocycles. The number of carbonyl (C=O) groups is 3. The highest BCUT2D eigenvalue weighted by Crippen LogP contribution is 2.38. The molecule has 2 amide bonds. The molecule has 0 radical (unpaired) electrons. The van der Waals surface area contributed by atoms with Crippen molar-refractivity contribution in [2.75, 3.05) is 11.9 Å². The lowest BCUT2D eigenvalue weighted by Crippen LogP contribution is -2.36. The topological polar surface area (TPSA) is 86.7 Å². The summed E-state index contributed by atoms with van der Waals surface area (Å²) in [5, 5.41) is 12.7. The Kier molecular flexibility index (Phi) is 5.94. The molecule has 4 rings (SSSR count). The Hall–Kier alpha value is -3.30. The molecule has 32 heavy (non-hydrogen) atoms. The van der Waals surface area contributed by atoms with E-state index in [0.717, 1.165) is 23.5 Å². The number of carboxylic acid groups (broad SMARTS) is 1. The molecule has 1 aliphatic heterocycles. The first-order valence-electron chi connectivity index (χ1n) is 9.44. The first-order chi connectivity index (χ1) is 15.3. The number of aromatic carboxylic acids is 1. The average Bonchev–Trinajstić information content (AvgIpc) is 3.10. The Labute approximate surface area is 190 Å². The van der Waals surface area contributed by atoms with E-state index < -0.39 is 29.4 Å². The molecule has 0 spiro atoms. The van der Waals surface area contributed by atoms with Crippen molar-refractivity contribution in [2.24, 2.45) is 0 Å². The zero-order valence-electron chi connectivity index (χ0n) is 16.3. The minimum atomic E-state index is -1.21. The van der Waals surface area contributed by atoms with Crippen LogP contribution in [0.5, 0.6) is 0 Å². The monoisotopic (exact) mass is 476 g/mol. The highest BCUT2D eigenvalue weighted by molar-refractivity contribution is 7.17. The quantitative estimate of drug-likeness (QED) is 0.564. The largest absolute Gasteiger partial charge is 0.478 e. The van der Waals surface area contributed by atoms with Gasteiger partial charge in [-0.25, -0.2) is 13.6 Å². The van der Waals surface area contributed by atoms with E-state index in [-0.39, 0.29) is 46.2 Å². The minimum Gasteiger partial charge on any atom is -0.478 e. The van der Waals surface area contributed by atoms with Gasteiger partial charge in [-0.2, -0.15) is 0 Å². The second kappa shape index (κ2) is 8.68. The third-order valence-corrected chi connectivity index (χ3v) is 6.53. The summed E-state index contributed by atoms with van der Waals surface area (Å²) < 4.78 is 27.2. The van der Waals surface area contributed by atoms with E-state index in [1.165, 1.54) is 11.0 Å². The Morgan fingerprint density at radius 1 is 1.09 bits per heavy atom. The van der Waals surface area contributed by atoms with Crippen molar-refractivity contribution in [3.8, 4) is 0 Å². The fourth-order valence-electron chi connectivity index (χ4n) is 3.54. The Bertz CT molecular complexity index is 1260. The third kappa shape index (κ3) is 4.09. The summed E-state index contributed by atoms with van der Waals surface area (Å²) >= 11 is 7.09. The van der Waals surface area contributed by atoms with Gasteiger partial charge in [0.05, 0.1) is 28.3 Å². The summed E-state index contributed by atoms with van der Waals surface area (Å²) in [5.74, 6) is -4.14. The number of rotatable bonds is 4. The van der Waals surface area contributed by atoms with Gasteiger partial charge in [0.1, 0.15) is 16.6 Å². The molecule has 0 bridgehead atoms. The van der Waals surface area contributed by atoms with Crippen LogP contribution in [-0.2, 0) is 13.0 Å². The summed E-state index contributed by atoms with van der Waals surface area (Å²) in [6.07, 6.45) is 0.212. The molecule has 0 unspecified atom stereocenters. The number of thiophene rings is 1. The smallest absolute Gasteiger partial charge is 0.339 e. The second-order valence-electron chi connectivity index (χ2n) is 7.05. The van der Waals surface area contributed by atoms with Crippen molar-refractivity contribution in [2.45, 2.75) is 13.0 Å². The van der Waals surface area contributed by atoms with Crippen LogP contribution in [-0.4, -0.2) is 34.3 Å².